The molecule has 1 aliphatic rings. The minimum absolute atomic E-state index is 0.229. The van der Waals surface area contributed by atoms with Crippen molar-refractivity contribution in [2.45, 2.75) is 25.4 Å². The van der Waals surface area contributed by atoms with Gasteiger partial charge >= 0.3 is 0 Å². The topological polar surface area (TPSA) is 67.9 Å². The summed E-state index contributed by atoms with van der Waals surface area (Å²) in [6, 6.07) is 5.29. The van der Waals surface area contributed by atoms with Gasteiger partial charge in [0.05, 0.1) is 23.6 Å². The fraction of sp³-hybridized carbons (Fsp3) is 0.357. The number of nitrogen functional groups attached to an aromatic ring is 1. The molecule has 104 valence electrons. The summed E-state index contributed by atoms with van der Waals surface area (Å²) < 4.78 is 12.9. The standard InChI is InChI=1S/C14H16FN5/c15-10-3-4-11(18-8-10)9-20-7-1-2-13(20)12-5-6-17-14(16)19-12/h3-6,8,13H,1-2,7,9H2,(H2,16,17,19). The second-order valence-electron chi connectivity index (χ2n) is 4.94. The molecule has 0 aromatic carbocycles. The first-order chi connectivity index (χ1) is 9.72. The molecule has 1 aliphatic heterocycles. The van der Waals surface area contributed by atoms with E-state index in [1.54, 1.807) is 12.3 Å². The number of aromatic nitrogens is 3. The zero-order valence-corrected chi connectivity index (χ0v) is 11.0. The van der Waals surface area contributed by atoms with Crippen LogP contribution in [0.2, 0.25) is 0 Å². The van der Waals surface area contributed by atoms with E-state index in [1.165, 1.54) is 12.3 Å². The molecule has 1 fully saturated rings. The zero-order valence-electron chi connectivity index (χ0n) is 11.0. The molecule has 2 aromatic heterocycles. The van der Waals surface area contributed by atoms with Crippen LogP contribution in [0.4, 0.5) is 10.3 Å². The second kappa shape index (κ2) is 5.50. The van der Waals surface area contributed by atoms with E-state index in [0.29, 0.717) is 12.5 Å². The van der Waals surface area contributed by atoms with Crippen LogP contribution in [0.5, 0.6) is 0 Å². The van der Waals surface area contributed by atoms with Crippen LogP contribution in [0.3, 0.4) is 0 Å². The van der Waals surface area contributed by atoms with Gasteiger partial charge in [-0.05, 0) is 37.6 Å². The van der Waals surface area contributed by atoms with Crippen molar-refractivity contribution in [1.82, 2.24) is 19.9 Å². The van der Waals surface area contributed by atoms with Gasteiger partial charge in [-0.25, -0.2) is 14.4 Å². The molecular weight excluding hydrogens is 257 g/mol. The highest BCUT2D eigenvalue weighted by Crippen LogP contribution is 2.31. The van der Waals surface area contributed by atoms with Gasteiger partial charge in [-0.3, -0.25) is 9.88 Å². The van der Waals surface area contributed by atoms with Crippen molar-refractivity contribution in [3.8, 4) is 0 Å². The van der Waals surface area contributed by atoms with Crippen molar-refractivity contribution in [2.24, 2.45) is 0 Å². The van der Waals surface area contributed by atoms with Crippen LogP contribution in [0.1, 0.15) is 30.3 Å². The molecule has 2 N–H and O–H groups in total. The SMILES string of the molecule is Nc1nccc(C2CCCN2Cc2ccc(F)cn2)n1. The third-order valence-corrected chi connectivity index (χ3v) is 3.55. The summed E-state index contributed by atoms with van der Waals surface area (Å²) in [4.78, 5) is 14.6. The van der Waals surface area contributed by atoms with E-state index in [0.717, 1.165) is 30.8 Å². The summed E-state index contributed by atoms with van der Waals surface area (Å²) in [5, 5.41) is 0. The second-order valence-corrected chi connectivity index (χ2v) is 4.94. The number of nitrogens with two attached hydrogens (primary N) is 1. The molecule has 3 heterocycles. The van der Waals surface area contributed by atoms with E-state index >= 15 is 0 Å². The number of hydrogen-bond acceptors (Lipinski definition) is 5. The van der Waals surface area contributed by atoms with Crippen molar-refractivity contribution in [3.05, 3.63) is 47.8 Å². The largest absolute Gasteiger partial charge is 0.368 e. The number of hydrogen-bond donors (Lipinski definition) is 1. The van der Waals surface area contributed by atoms with Gasteiger partial charge in [0, 0.05) is 12.7 Å². The fourth-order valence-electron chi connectivity index (χ4n) is 2.63. The predicted molar refractivity (Wildman–Crippen MR) is 73.0 cm³/mol. The number of pyridine rings is 1. The summed E-state index contributed by atoms with van der Waals surface area (Å²) in [5.74, 6) is -0.00967. The minimum atomic E-state index is -0.310. The Bertz CT molecular complexity index is 586. The molecule has 1 atom stereocenters. The number of nitrogens with zero attached hydrogens (tertiary/aromatic N) is 4. The molecule has 20 heavy (non-hydrogen) atoms. The smallest absolute Gasteiger partial charge is 0.220 e. The summed E-state index contributed by atoms with van der Waals surface area (Å²) in [6.45, 7) is 1.67. The van der Waals surface area contributed by atoms with E-state index in [1.807, 2.05) is 6.07 Å². The Morgan fingerprint density at radius 1 is 1.30 bits per heavy atom. The third kappa shape index (κ3) is 2.75. The highest BCUT2D eigenvalue weighted by Gasteiger charge is 2.27. The van der Waals surface area contributed by atoms with Gasteiger partial charge in [-0.2, -0.15) is 0 Å². The molecule has 6 heteroatoms. The average molecular weight is 273 g/mol. The minimum Gasteiger partial charge on any atom is -0.368 e. The van der Waals surface area contributed by atoms with E-state index in [2.05, 4.69) is 19.9 Å². The van der Waals surface area contributed by atoms with Gasteiger partial charge in [-0.15, -0.1) is 0 Å². The van der Waals surface area contributed by atoms with Crippen LogP contribution in [-0.4, -0.2) is 26.4 Å². The highest BCUT2D eigenvalue weighted by molar-refractivity contribution is 5.20. The van der Waals surface area contributed by atoms with Crippen LogP contribution in [0.15, 0.2) is 30.6 Å². The molecule has 0 spiro atoms. The maximum absolute atomic E-state index is 12.9. The van der Waals surface area contributed by atoms with E-state index in [4.69, 9.17) is 5.73 Å². The Labute approximate surface area is 116 Å². The Balaban J connectivity index is 1.77. The van der Waals surface area contributed by atoms with Crippen molar-refractivity contribution >= 4 is 5.95 Å². The normalized spacial score (nSPS) is 19.4. The Kier molecular flexibility index (Phi) is 3.56. The molecule has 2 aromatic rings. The zero-order chi connectivity index (χ0) is 13.9. The van der Waals surface area contributed by atoms with Crippen LogP contribution in [0.25, 0.3) is 0 Å². The average Bonchev–Trinajstić information content (AvgIpc) is 2.89. The van der Waals surface area contributed by atoms with Gasteiger partial charge in [0.1, 0.15) is 5.82 Å². The predicted octanol–water partition coefficient (Wildman–Crippen LogP) is 1.93. The maximum Gasteiger partial charge on any atom is 0.220 e. The summed E-state index contributed by atoms with van der Waals surface area (Å²) in [6.07, 6.45) is 5.08. The lowest BCUT2D eigenvalue weighted by molar-refractivity contribution is 0.241. The number of anilines is 1. The number of likely N-dealkylation sites (tertiary alicyclic amines) is 1. The van der Waals surface area contributed by atoms with Crippen molar-refractivity contribution in [3.63, 3.8) is 0 Å². The Morgan fingerprint density at radius 2 is 2.20 bits per heavy atom. The lowest BCUT2D eigenvalue weighted by Crippen LogP contribution is -2.24. The van der Waals surface area contributed by atoms with E-state index < -0.39 is 0 Å². The lowest BCUT2D eigenvalue weighted by Gasteiger charge is -2.23. The quantitative estimate of drug-likeness (QED) is 0.925. The van der Waals surface area contributed by atoms with Crippen LogP contribution in [-0.2, 0) is 6.54 Å². The Hall–Kier alpha value is -2.08. The summed E-state index contributed by atoms with van der Waals surface area (Å²) in [7, 11) is 0. The first-order valence-electron chi connectivity index (χ1n) is 6.65. The monoisotopic (exact) mass is 273 g/mol. The van der Waals surface area contributed by atoms with E-state index in [-0.39, 0.29) is 11.9 Å². The van der Waals surface area contributed by atoms with Crippen molar-refractivity contribution in [2.75, 3.05) is 12.3 Å². The summed E-state index contributed by atoms with van der Waals surface area (Å²) >= 11 is 0. The molecule has 5 nitrogen and oxygen atoms in total. The van der Waals surface area contributed by atoms with Crippen LogP contribution >= 0.6 is 0 Å². The molecule has 1 saturated heterocycles. The number of halogens is 1. The van der Waals surface area contributed by atoms with Crippen LogP contribution < -0.4 is 5.73 Å². The molecule has 0 saturated carbocycles. The van der Waals surface area contributed by atoms with Gasteiger partial charge < -0.3 is 5.73 Å². The van der Waals surface area contributed by atoms with Gasteiger partial charge in [0.25, 0.3) is 0 Å². The third-order valence-electron chi connectivity index (χ3n) is 3.55. The highest BCUT2D eigenvalue weighted by atomic mass is 19.1. The van der Waals surface area contributed by atoms with Crippen molar-refractivity contribution in [1.29, 1.82) is 0 Å². The van der Waals surface area contributed by atoms with Crippen LogP contribution in [0, 0.1) is 5.82 Å². The molecule has 0 bridgehead atoms. The molecule has 0 amide bonds. The van der Waals surface area contributed by atoms with Gasteiger partial charge in [-0.1, -0.05) is 0 Å². The first kappa shape index (κ1) is 12.9. The van der Waals surface area contributed by atoms with Crippen molar-refractivity contribution < 1.29 is 4.39 Å². The van der Waals surface area contributed by atoms with E-state index in [9.17, 15) is 4.39 Å². The Morgan fingerprint density at radius 3 is 2.95 bits per heavy atom. The molecule has 0 radical (unpaired) electrons. The van der Waals surface area contributed by atoms with Gasteiger partial charge in [0.2, 0.25) is 5.95 Å². The molecule has 0 aliphatic carbocycles. The fourth-order valence-corrected chi connectivity index (χ4v) is 2.63. The summed E-state index contributed by atoms with van der Waals surface area (Å²) in [5.41, 5.74) is 7.45. The first-order valence-corrected chi connectivity index (χ1v) is 6.65. The van der Waals surface area contributed by atoms with Gasteiger partial charge in [0.15, 0.2) is 0 Å². The number of rotatable bonds is 3. The molecular formula is C14H16FN5. The maximum atomic E-state index is 12.9. The molecule has 3 rings (SSSR count). The molecule has 1 unspecified atom stereocenters. The lowest BCUT2D eigenvalue weighted by atomic mass is 10.1.